The molecule has 0 radical (unpaired) electrons. The Morgan fingerprint density at radius 3 is 2.56 bits per heavy atom. The Hall–Kier alpha value is -1.64. The fourth-order valence-corrected chi connectivity index (χ4v) is 2.45. The molecule has 18 heavy (non-hydrogen) atoms. The number of fused-ring (bicyclic) bond motifs is 1. The van der Waals surface area contributed by atoms with E-state index in [1.807, 2.05) is 18.2 Å². The smallest absolute Gasteiger partial charge is 0.137 e. The molecule has 1 aromatic carbocycles. The molecule has 1 atom stereocenters. The second kappa shape index (κ2) is 5.80. The van der Waals surface area contributed by atoms with Crippen LogP contribution in [0.25, 0.3) is 10.9 Å². The van der Waals surface area contributed by atoms with Gasteiger partial charge in [0.15, 0.2) is 0 Å². The van der Waals surface area contributed by atoms with Crippen molar-refractivity contribution in [3.63, 3.8) is 0 Å². The van der Waals surface area contributed by atoms with Crippen LogP contribution in [0.5, 0.6) is 0 Å². The van der Waals surface area contributed by atoms with Crippen molar-refractivity contribution >= 4 is 16.7 Å². The lowest BCUT2D eigenvalue weighted by Crippen LogP contribution is -2.25. The highest BCUT2D eigenvalue weighted by molar-refractivity contribution is 5.88. The van der Waals surface area contributed by atoms with Crippen LogP contribution >= 0.6 is 0 Å². The number of benzene rings is 1. The molecule has 1 aromatic heterocycles. The maximum Gasteiger partial charge on any atom is 0.137 e. The number of aromatic nitrogens is 2. The van der Waals surface area contributed by atoms with Crippen LogP contribution in [0.3, 0.4) is 0 Å². The lowest BCUT2D eigenvalue weighted by Gasteiger charge is -2.23. The number of hydrogen-bond donors (Lipinski definition) is 1. The molecule has 0 saturated carbocycles. The van der Waals surface area contributed by atoms with Crippen molar-refractivity contribution in [1.82, 2.24) is 9.97 Å². The van der Waals surface area contributed by atoms with E-state index in [0.29, 0.717) is 12.0 Å². The zero-order valence-electron chi connectivity index (χ0n) is 11.4. The standard InChI is InChI=1S/C15H21N3/c1-4-12(5-2)11(3)18-15-13-8-6-7-9-14(13)16-10-17-15/h6-12H,4-5H2,1-3H3,(H,16,17,18). The number of anilines is 1. The Morgan fingerprint density at radius 1 is 1.11 bits per heavy atom. The summed E-state index contributed by atoms with van der Waals surface area (Å²) in [6, 6.07) is 8.54. The lowest BCUT2D eigenvalue weighted by atomic mass is 9.95. The third kappa shape index (κ3) is 2.61. The minimum absolute atomic E-state index is 0.429. The van der Waals surface area contributed by atoms with Crippen molar-refractivity contribution in [3.05, 3.63) is 30.6 Å². The van der Waals surface area contributed by atoms with Crippen LogP contribution in [0.1, 0.15) is 33.6 Å². The van der Waals surface area contributed by atoms with Crippen molar-refractivity contribution < 1.29 is 0 Å². The maximum absolute atomic E-state index is 4.38. The molecule has 3 nitrogen and oxygen atoms in total. The van der Waals surface area contributed by atoms with E-state index in [4.69, 9.17) is 0 Å². The van der Waals surface area contributed by atoms with E-state index >= 15 is 0 Å². The predicted octanol–water partition coefficient (Wildman–Crippen LogP) is 3.87. The van der Waals surface area contributed by atoms with E-state index in [9.17, 15) is 0 Å². The molecule has 0 saturated heterocycles. The highest BCUT2D eigenvalue weighted by Crippen LogP contribution is 2.22. The molecule has 0 aliphatic heterocycles. The largest absolute Gasteiger partial charge is 0.367 e. The molecule has 0 fully saturated rings. The molecule has 96 valence electrons. The first-order chi connectivity index (χ1) is 8.76. The van der Waals surface area contributed by atoms with Gasteiger partial charge in [-0.25, -0.2) is 9.97 Å². The molecular weight excluding hydrogens is 222 g/mol. The zero-order chi connectivity index (χ0) is 13.0. The van der Waals surface area contributed by atoms with Crippen LogP contribution in [0.15, 0.2) is 30.6 Å². The number of hydrogen-bond acceptors (Lipinski definition) is 3. The fourth-order valence-electron chi connectivity index (χ4n) is 2.45. The van der Waals surface area contributed by atoms with Gasteiger partial charge in [0.1, 0.15) is 12.1 Å². The summed E-state index contributed by atoms with van der Waals surface area (Å²) in [7, 11) is 0. The van der Waals surface area contributed by atoms with Crippen LogP contribution in [-0.4, -0.2) is 16.0 Å². The van der Waals surface area contributed by atoms with E-state index in [2.05, 4.69) is 42.1 Å². The first-order valence-corrected chi connectivity index (χ1v) is 6.72. The Balaban J connectivity index is 2.26. The molecular formula is C15H21N3. The number of nitrogens with one attached hydrogen (secondary N) is 1. The van der Waals surface area contributed by atoms with Crippen LogP contribution in [0, 0.1) is 5.92 Å². The van der Waals surface area contributed by atoms with Crippen LogP contribution in [0.2, 0.25) is 0 Å². The van der Waals surface area contributed by atoms with Gasteiger partial charge in [-0.3, -0.25) is 0 Å². The molecule has 3 heteroatoms. The van der Waals surface area contributed by atoms with E-state index in [0.717, 1.165) is 16.7 Å². The van der Waals surface area contributed by atoms with Gasteiger partial charge in [-0.1, -0.05) is 38.8 Å². The van der Waals surface area contributed by atoms with Crippen molar-refractivity contribution in [1.29, 1.82) is 0 Å². The molecule has 1 heterocycles. The van der Waals surface area contributed by atoms with Crippen molar-refractivity contribution in [2.24, 2.45) is 5.92 Å². The van der Waals surface area contributed by atoms with Crippen molar-refractivity contribution in [3.8, 4) is 0 Å². The number of nitrogens with zero attached hydrogens (tertiary/aromatic N) is 2. The second-order valence-electron chi connectivity index (χ2n) is 4.75. The van der Waals surface area contributed by atoms with Crippen LogP contribution in [-0.2, 0) is 0 Å². The Morgan fingerprint density at radius 2 is 1.83 bits per heavy atom. The highest BCUT2D eigenvalue weighted by atomic mass is 15.0. The number of rotatable bonds is 5. The summed E-state index contributed by atoms with van der Waals surface area (Å²) in [6.45, 7) is 6.71. The Kier molecular flexibility index (Phi) is 4.13. The van der Waals surface area contributed by atoms with E-state index < -0.39 is 0 Å². The molecule has 1 N–H and O–H groups in total. The second-order valence-corrected chi connectivity index (χ2v) is 4.75. The van der Waals surface area contributed by atoms with Gasteiger partial charge in [-0.05, 0) is 25.0 Å². The van der Waals surface area contributed by atoms with E-state index in [-0.39, 0.29) is 0 Å². The van der Waals surface area contributed by atoms with Crippen molar-refractivity contribution in [2.45, 2.75) is 39.7 Å². The van der Waals surface area contributed by atoms with E-state index in [1.165, 1.54) is 12.8 Å². The summed E-state index contributed by atoms with van der Waals surface area (Å²) in [5, 5.41) is 4.63. The monoisotopic (exact) mass is 243 g/mol. The molecule has 0 aliphatic carbocycles. The molecule has 1 unspecified atom stereocenters. The average molecular weight is 243 g/mol. The predicted molar refractivity (Wildman–Crippen MR) is 76.7 cm³/mol. The highest BCUT2D eigenvalue weighted by Gasteiger charge is 2.14. The molecule has 2 aromatic rings. The minimum atomic E-state index is 0.429. The van der Waals surface area contributed by atoms with Gasteiger partial charge < -0.3 is 5.32 Å². The molecule has 0 spiro atoms. The van der Waals surface area contributed by atoms with Gasteiger partial charge in [-0.15, -0.1) is 0 Å². The van der Waals surface area contributed by atoms with Gasteiger partial charge in [0.2, 0.25) is 0 Å². The van der Waals surface area contributed by atoms with Crippen molar-refractivity contribution in [2.75, 3.05) is 5.32 Å². The molecule has 0 aliphatic rings. The summed E-state index contributed by atoms with van der Waals surface area (Å²) in [5.74, 6) is 1.62. The first-order valence-electron chi connectivity index (χ1n) is 6.72. The van der Waals surface area contributed by atoms with Crippen LogP contribution in [0.4, 0.5) is 5.82 Å². The third-order valence-corrected chi connectivity index (χ3v) is 3.66. The number of para-hydroxylation sites is 1. The molecule has 0 amide bonds. The quantitative estimate of drug-likeness (QED) is 0.866. The lowest BCUT2D eigenvalue weighted by molar-refractivity contribution is 0.437. The summed E-state index contributed by atoms with van der Waals surface area (Å²) in [6.07, 6.45) is 4.01. The average Bonchev–Trinajstić information content (AvgIpc) is 2.40. The van der Waals surface area contributed by atoms with Gasteiger partial charge in [0.05, 0.1) is 5.52 Å². The summed E-state index contributed by atoms with van der Waals surface area (Å²) in [5.41, 5.74) is 0.992. The topological polar surface area (TPSA) is 37.8 Å². The summed E-state index contributed by atoms with van der Waals surface area (Å²) < 4.78 is 0. The fraction of sp³-hybridized carbons (Fsp3) is 0.467. The SMILES string of the molecule is CCC(CC)C(C)Nc1ncnc2ccccc12. The van der Waals surface area contributed by atoms with Gasteiger partial charge in [0, 0.05) is 11.4 Å². The Bertz CT molecular complexity index is 501. The van der Waals surface area contributed by atoms with Gasteiger partial charge in [-0.2, -0.15) is 0 Å². The maximum atomic E-state index is 4.38. The third-order valence-electron chi connectivity index (χ3n) is 3.66. The van der Waals surface area contributed by atoms with Crippen LogP contribution < -0.4 is 5.32 Å². The minimum Gasteiger partial charge on any atom is -0.367 e. The summed E-state index contributed by atoms with van der Waals surface area (Å²) >= 11 is 0. The van der Waals surface area contributed by atoms with Gasteiger partial charge >= 0.3 is 0 Å². The van der Waals surface area contributed by atoms with Gasteiger partial charge in [0.25, 0.3) is 0 Å². The Labute approximate surface area is 109 Å². The first kappa shape index (κ1) is 12.8. The molecule has 2 rings (SSSR count). The normalized spacial score (nSPS) is 12.9. The summed E-state index contributed by atoms with van der Waals surface area (Å²) in [4.78, 5) is 8.66. The van der Waals surface area contributed by atoms with E-state index in [1.54, 1.807) is 6.33 Å². The molecule has 0 bridgehead atoms. The zero-order valence-corrected chi connectivity index (χ0v) is 11.4.